The third-order valence-electron chi connectivity index (χ3n) is 5.55. The topological polar surface area (TPSA) is 67.9 Å². The third kappa shape index (κ3) is 5.22. The number of nitrogens with one attached hydrogen (secondary N) is 1. The molecule has 6 nitrogen and oxygen atoms in total. The second-order valence-electron chi connectivity index (χ2n) is 9.86. The van der Waals surface area contributed by atoms with E-state index in [1.165, 1.54) is 0 Å². The molecule has 1 heterocycles. The number of ether oxygens (including phenoxy) is 2. The summed E-state index contributed by atoms with van der Waals surface area (Å²) < 4.78 is 11.4. The first-order chi connectivity index (χ1) is 13.5. The van der Waals surface area contributed by atoms with Gasteiger partial charge < -0.3 is 19.7 Å². The molecule has 29 heavy (non-hydrogen) atoms. The first-order valence-electron chi connectivity index (χ1n) is 10.5. The van der Waals surface area contributed by atoms with Crippen molar-refractivity contribution < 1.29 is 19.1 Å². The Kier molecular flexibility index (Phi) is 5.84. The number of aryl methyl sites for hydroxylation is 1. The van der Waals surface area contributed by atoms with Gasteiger partial charge in [-0.2, -0.15) is 0 Å². The Morgan fingerprint density at radius 2 is 1.72 bits per heavy atom. The maximum Gasteiger partial charge on any atom is 0.410 e. The number of amides is 2. The molecule has 0 spiro atoms. The molecule has 1 aliphatic heterocycles. The lowest BCUT2D eigenvalue weighted by atomic mass is 10.1. The number of carbonyl (C=O) groups is 2. The van der Waals surface area contributed by atoms with E-state index < -0.39 is 11.1 Å². The first kappa shape index (κ1) is 21.5. The van der Waals surface area contributed by atoms with Crippen molar-refractivity contribution in [3.05, 3.63) is 29.8 Å². The van der Waals surface area contributed by atoms with Crippen molar-refractivity contribution in [1.82, 2.24) is 10.2 Å². The van der Waals surface area contributed by atoms with E-state index in [4.69, 9.17) is 9.47 Å². The number of nitrogens with zero attached hydrogens (tertiary/aromatic N) is 1. The van der Waals surface area contributed by atoms with Crippen LogP contribution in [0.3, 0.4) is 0 Å². The van der Waals surface area contributed by atoms with Crippen molar-refractivity contribution in [3.63, 3.8) is 0 Å². The van der Waals surface area contributed by atoms with Crippen LogP contribution in [0.15, 0.2) is 24.3 Å². The highest BCUT2D eigenvalue weighted by Gasteiger charge is 2.61. The van der Waals surface area contributed by atoms with E-state index in [1.807, 2.05) is 52.8 Å². The standard InChI is InChI=1S/C23H34N2O4/c1-7-15-10-8-9-11-18(15)28-14-23(5,6)24-20(26)19-16-12-25(13-17(16)19)21(27)29-22(2,3)4/h8-11,16-17,19H,7,12-14H2,1-6H3,(H,24,26)/t16-,17+,19?. The maximum atomic E-state index is 12.8. The molecule has 0 radical (unpaired) electrons. The van der Waals surface area contributed by atoms with Gasteiger partial charge in [0.2, 0.25) is 5.91 Å². The number of piperidine rings is 1. The summed E-state index contributed by atoms with van der Waals surface area (Å²) in [5.41, 5.74) is 0.189. The lowest BCUT2D eigenvalue weighted by Crippen LogP contribution is -2.49. The Labute approximate surface area is 173 Å². The van der Waals surface area contributed by atoms with Gasteiger partial charge in [-0.3, -0.25) is 4.79 Å². The molecule has 1 aliphatic carbocycles. The predicted octanol–water partition coefficient (Wildman–Crippen LogP) is 3.64. The van der Waals surface area contributed by atoms with Crippen LogP contribution in [0.5, 0.6) is 5.75 Å². The fourth-order valence-electron chi connectivity index (χ4n) is 4.04. The molecule has 2 amide bonds. The molecule has 1 N–H and O–H groups in total. The van der Waals surface area contributed by atoms with E-state index in [0.29, 0.717) is 19.7 Å². The number of carbonyl (C=O) groups excluding carboxylic acids is 2. The van der Waals surface area contributed by atoms with E-state index >= 15 is 0 Å². The lowest BCUT2D eigenvalue weighted by molar-refractivity contribution is -0.125. The second-order valence-corrected chi connectivity index (χ2v) is 9.86. The molecule has 0 bridgehead atoms. The average Bonchev–Trinajstić information content (AvgIpc) is 3.13. The zero-order valence-corrected chi connectivity index (χ0v) is 18.5. The number of likely N-dealkylation sites (tertiary alicyclic amines) is 1. The summed E-state index contributed by atoms with van der Waals surface area (Å²) in [5, 5.41) is 3.14. The quantitative estimate of drug-likeness (QED) is 0.789. The maximum absolute atomic E-state index is 12.8. The van der Waals surface area contributed by atoms with Crippen LogP contribution in [-0.4, -0.2) is 47.7 Å². The van der Waals surface area contributed by atoms with Crippen LogP contribution in [0.2, 0.25) is 0 Å². The minimum atomic E-state index is -0.499. The van der Waals surface area contributed by atoms with Crippen LogP contribution in [0.4, 0.5) is 4.79 Å². The minimum Gasteiger partial charge on any atom is -0.491 e. The Morgan fingerprint density at radius 1 is 1.10 bits per heavy atom. The van der Waals surface area contributed by atoms with Crippen LogP contribution < -0.4 is 10.1 Å². The number of rotatable bonds is 6. The Hall–Kier alpha value is -2.24. The highest BCUT2D eigenvalue weighted by atomic mass is 16.6. The van der Waals surface area contributed by atoms with Gasteiger partial charge in [0, 0.05) is 19.0 Å². The van der Waals surface area contributed by atoms with Crippen LogP contribution in [0.1, 0.15) is 47.1 Å². The van der Waals surface area contributed by atoms with Gasteiger partial charge in [0.1, 0.15) is 18.0 Å². The van der Waals surface area contributed by atoms with Crippen LogP contribution in [0, 0.1) is 17.8 Å². The first-order valence-corrected chi connectivity index (χ1v) is 10.5. The van der Waals surface area contributed by atoms with Crippen LogP contribution in [-0.2, 0) is 16.0 Å². The molecule has 3 atom stereocenters. The molecular formula is C23H34N2O4. The second kappa shape index (κ2) is 7.88. The summed E-state index contributed by atoms with van der Waals surface area (Å²) >= 11 is 0. The molecule has 2 fully saturated rings. The third-order valence-corrected chi connectivity index (χ3v) is 5.55. The molecule has 3 rings (SSSR count). The molecular weight excluding hydrogens is 368 g/mol. The van der Waals surface area contributed by atoms with Gasteiger partial charge >= 0.3 is 6.09 Å². The molecule has 1 saturated carbocycles. The number of hydrogen-bond acceptors (Lipinski definition) is 4. The summed E-state index contributed by atoms with van der Waals surface area (Å²) in [6, 6.07) is 7.99. The highest BCUT2D eigenvalue weighted by molar-refractivity contribution is 5.84. The fraction of sp³-hybridized carbons (Fsp3) is 0.652. The molecule has 2 aliphatic rings. The minimum absolute atomic E-state index is 0.0177. The normalized spacial score (nSPS) is 23.4. The van der Waals surface area contributed by atoms with Gasteiger partial charge in [-0.05, 0) is 64.5 Å². The Morgan fingerprint density at radius 3 is 2.31 bits per heavy atom. The van der Waals surface area contributed by atoms with Gasteiger partial charge in [-0.25, -0.2) is 4.79 Å². The smallest absolute Gasteiger partial charge is 0.410 e. The largest absolute Gasteiger partial charge is 0.491 e. The lowest BCUT2D eigenvalue weighted by Gasteiger charge is -2.28. The van der Waals surface area contributed by atoms with Crippen molar-refractivity contribution in [2.45, 2.75) is 59.1 Å². The highest BCUT2D eigenvalue weighted by Crippen LogP contribution is 2.52. The molecule has 6 heteroatoms. The predicted molar refractivity (Wildman–Crippen MR) is 112 cm³/mol. The summed E-state index contributed by atoms with van der Waals surface area (Å²) in [6.45, 7) is 13.2. The Balaban J connectivity index is 1.47. The molecule has 160 valence electrons. The SMILES string of the molecule is CCc1ccccc1OCC(C)(C)NC(=O)C1[C@H]2CN(C(=O)OC(C)(C)C)C[C@@H]12. The van der Waals surface area contributed by atoms with Gasteiger partial charge in [0.05, 0.1) is 5.54 Å². The van der Waals surface area contributed by atoms with Gasteiger partial charge in [0.15, 0.2) is 0 Å². The monoisotopic (exact) mass is 402 g/mol. The van der Waals surface area contributed by atoms with Crippen molar-refractivity contribution in [1.29, 1.82) is 0 Å². The van der Waals surface area contributed by atoms with Crippen molar-refractivity contribution in [2.75, 3.05) is 19.7 Å². The fourth-order valence-corrected chi connectivity index (χ4v) is 4.04. The van der Waals surface area contributed by atoms with Crippen molar-refractivity contribution in [2.24, 2.45) is 17.8 Å². The summed E-state index contributed by atoms with van der Waals surface area (Å²) in [5.74, 6) is 1.38. The zero-order chi connectivity index (χ0) is 21.4. The summed E-state index contributed by atoms with van der Waals surface area (Å²) in [7, 11) is 0. The number of para-hydroxylation sites is 1. The van der Waals surface area contributed by atoms with E-state index in [0.717, 1.165) is 17.7 Å². The van der Waals surface area contributed by atoms with E-state index in [2.05, 4.69) is 18.3 Å². The van der Waals surface area contributed by atoms with E-state index in [-0.39, 0.29) is 29.8 Å². The Bertz CT molecular complexity index is 756. The number of hydrogen-bond donors (Lipinski definition) is 1. The zero-order valence-electron chi connectivity index (χ0n) is 18.5. The van der Waals surface area contributed by atoms with Gasteiger partial charge in [-0.15, -0.1) is 0 Å². The number of fused-ring (bicyclic) bond motifs is 1. The van der Waals surface area contributed by atoms with Gasteiger partial charge in [0.25, 0.3) is 0 Å². The summed E-state index contributed by atoms with van der Waals surface area (Å²) in [6.07, 6.45) is 0.620. The summed E-state index contributed by atoms with van der Waals surface area (Å²) in [4.78, 5) is 26.7. The van der Waals surface area contributed by atoms with Crippen LogP contribution >= 0.6 is 0 Å². The van der Waals surface area contributed by atoms with E-state index in [9.17, 15) is 9.59 Å². The van der Waals surface area contributed by atoms with Crippen molar-refractivity contribution in [3.8, 4) is 5.75 Å². The molecule has 1 aromatic rings. The van der Waals surface area contributed by atoms with Crippen molar-refractivity contribution >= 4 is 12.0 Å². The molecule has 1 unspecified atom stereocenters. The number of benzene rings is 1. The van der Waals surface area contributed by atoms with Gasteiger partial charge in [-0.1, -0.05) is 25.1 Å². The van der Waals surface area contributed by atoms with Crippen LogP contribution in [0.25, 0.3) is 0 Å². The molecule has 1 saturated heterocycles. The van der Waals surface area contributed by atoms with E-state index in [1.54, 1.807) is 4.90 Å². The molecule has 1 aromatic carbocycles. The molecule has 0 aromatic heterocycles. The average molecular weight is 403 g/mol.